The quantitative estimate of drug-likeness (QED) is 0.620. The molecule has 1 aromatic carbocycles. The van der Waals surface area contributed by atoms with E-state index >= 15 is 0 Å². The van der Waals surface area contributed by atoms with Gasteiger partial charge in [-0.2, -0.15) is 0 Å². The van der Waals surface area contributed by atoms with Gasteiger partial charge in [0, 0.05) is 12.6 Å². The van der Waals surface area contributed by atoms with Crippen molar-refractivity contribution in [3.63, 3.8) is 0 Å². The van der Waals surface area contributed by atoms with Crippen LogP contribution in [0.2, 0.25) is 0 Å². The predicted molar refractivity (Wildman–Crippen MR) is 83.7 cm³/mol. The third-order valence-corrected chi connectivity index (χ3v) is 4.39. The summed E-state index contributed by atoms with van der Waals surface area (Å²) in [6.45, 7) is 7.48. The van der Waals surface area contributed by atoms with Gasteiger partial charge in [-0.15, -0.1) is 0 Å². The molecule has 0 radical (unpaired) electrons. The van der Waals surface area contributed by atoms with Gasteiger partial charge in [-0.1, -0.05) is 17.7 Å². The zero-order chi connectivity index (χ0) is 14.5. The maximum Gasteiger partial charge on any atom is 0.0576 e. The van der Waals surface area contributed by atoms with E-state index in [1.165, 1.54) is 35.1 Å². The largest absolute Gasteiger partial charge is 0.378 e. The van der Waals surface area contributed by atoms with Crippen LogP contribution in [0.4, 0.5) is 0 Å². The van der Waals surface area contributed by atoms with Crippen molar-refractivity contribution in [3.8, 4) is 0 Å². The Morgan fingerprint density at radius 1 is 1.30 bits per heavy atom. The van der Waals surface area contributed by atoms with Gasteiger partial charge in [-0.3, -0.25) is 11.3 Å². The van der Waals surface area contributed by atoms with E-state index in [-0.39, 0.29) is 0 Å². The Kier molecular flexibility index (Phi) is 5.58. The summed E-state index contributed by atoms with van der Waals surface area (Å²) in [4.78, 5) is 0. The Labute approximate surface area is 122 Å². The highest BCUT2D eigenvalue weighted by Gasteiger charge is 2.18. The van der Waals surface area contributed by atoms with Crippen LogP contribution in [0.3, 0.4) is 0 Å². The lowest BCUT2D eigenvalue weighted by Gasteiger charge is -2.20. The summed E-state index contributed by atoms with van der Waals surface area (Å²) in [5.74, 6) is 5.74. The molecular weight excluding hydrogens is 248 g/mol. The molecule has 0 aromatic heterocycles. The minimum absolute atomic E-state index is 0.333. The number of hydrogen-bond donors (Lipinski definition) is 2. The number of nitrogens with one attached hydrogen (secondary N) is 1. The molecule has 3 nitrogen and oxygen atoms in total. The molecule has 3 N–H and O–H groups in total. The molecule has 1 aromatic rings. The minimum atomic E-state index is 0.333. The fourth-order valence-corrected chi connectivity index (χ4v) is 3.28. The van der Waals surface area contributed by atoms with Crippen LogP contribution >= 0.6 is 0 Å². The van der Waals surface area contributed by atoms with Crippen molar-refractivity contribution < 1.29 is 4.74 Å². The first kappa shape index (κ1) is 15.5. The molecule has 2 atom stereocenters. The zero-order valence-electron chi connectivity index (χ0n) is 13.0. The summed E-state index contributed by atoms with van der Waals surface area (Å²) < 4.78 is 5.69. The summed E-state index contributed by atoms with van der Waals surface area (Å²) >= 11 is 0. The predicted octanol–water partition coefficient (Wildman–Crippen LogP) is 2.95. The molecule has 0 saturated carbocycles. The lowest BCUT2D eigenvalue weighted by atomic mass is 9.92. The van der Waals surface area contributed by atoms with Gasteiger partial charge in [0.25, 0.3) is 0 Å². The summed E-state index contributed by atoms with van der Waals surface area (Å²) in [5, 5.41) is 0. The molecule has 1 saturated heterocycles. The van der Waals surface area contributed by atoms with E-state index in [9.17, 15) is 0 Å². The van der Waals surface area contributed by atoms with Gasteiger partial charge in [0.05, 0.1) is 6.10 Å². The van der Waals surface area contributed by atoms with Crippen molar-refractivity contribution in [3.05, 3.63) is 34.4 Å². The second-order valence-corrected chi connectivity index (χ2v) is 6.16. The van der Waals surface area contributed by atoms with Gasteiger partial charge in [-0.05, 0) is 69.6 Å². The number of nitrogens with two attached hydrogens (primary N) is 1. The molecule has 2 rings (SSSR count). The topological polar surface area (TPSA) is 47.3 Å². The third kappa shape index (κ3) is 4.05. The minimum Gasteiger partial charge on any atom is -0.378 e. The number of benzene rings is 1. The molecule has 1 fully saturated rings. The van der Waals surface area contributed by atoms with Crippen molar-refractivity contribution in [2.75, 3.05) is 6.61 Å². The van der Waals surface area contributed by atoms with Crippen molar-refractivity contribution in [1.82, 2.24) is 5.43 Å². The fraction of sp³-hybridized carbons (Fsp3) is 0.647. The first-order chi connectivity index (χ1) is 9.60. The Hall–Kier alpha value is -0.900. The van der Waals surface area contributed by atoms with Crippen LogP contribution in [-0.2, 0) is 11.2 Å². The Balaban J connectivity index is 1.95. The molecule has 0 spiro atoms. The highest BCUT2D eigenvalue weighted by atomic mass is 16.5. The number of ether oxygens (including phenoxy) is 1. The van der Waals surface area contributed by atoms with Gasteiger partial charge in [-0.25, -0.2) is 0 Å². The van der Waals surface area contributed by atoms with Gasteiger partial charge in [0.2, 0.25) is 0 Å². The average Bonchev–Trinajstić information content (AvgIpc) is 2.90. The summed E-state index contributed by atoms with van der Waals surface area (Å²) in [6, 6.07) is 4.85. The van der Waals surface area contributed by atoms with Crippen LogP contribution in [0.15, 0.2) is 12.1 Å². The first-order valence-corrected chi connectivity index (χ1v) is 7.74. The van der Waals surface area contributed by atoms with Crippen LogP contribution in [0.25, 0.3) is 0 Å². The van der Waals surface area contributed by atoms with Crippen LogP contribution in [-0.4, -0.2) is 18.8 Å². The fourth-order valence-electron chi connectivity index (χ4n) is 3.28. The smallest absolute Gasteiger partial charge is 0.0576 e. The SMILES string of the molecule is Cc1cc(C)c(CC(CCC2CCCO2)NN)c(C)c1. The zero-order valence-corrected chi connectivity index (χ0v) is 13.0. The third-order valence-electron chi connectivity index (χ3n) is 4.39. The van der Waals surface area contributed by atoms with E-state index in [4.69, 9.17) is 10.6 Å². The van der Waals surface area contributed by atoms with Gasteiger partial charge < -0.3 is 4.74 Å². The first-order valence-electron chi connectivity index (χ1n) is 7.74. The number of rotatable bonds is 6. The van der Waals surface area contributed by atoms with E-state index in [1.807, 2.05) is 0 Å². The van der Waals surface area contributed by atoms with E-state index in [0.717, 1.165) is 25.9 Å². The highest BCUT2D eigenvalue weighted by molar-refractivity contribution is 5.38. The molecule has 2 unspecified atom stereocenters. The molecule has 0 bridgehead atoms. The Morgan fingerprint density at radius 2 is 2.00 bits per heavy atom. The Morgan fingerprint density at radius 3 is 2.55 bits per heavy atom. The number of hydrazine groups is 1. The van der Waals surface area contributed by atoms with E-state index < -0.39 is 0 Å². The second kappa shape index (κ2) is 7.21. The molecule has 0 amide bonds. The molecule has 20 heavy (non-hydrogen) atoms. The van der Waals surface area contributed by atoms with Crippen molar-refractivity contribution in [1.29, 1.82) is 0 Å². The number of aryl methyl sites for hydroxylation is 3. The van der Waals surface area contributed by atoms with Gasteiger partial charge in [0.15, 0.2) is 0 Å². The van der Waals surface area contributed by atoms with Gasteiger partial charge >= 0.3 is 0 Å². The molecule has 3 heteroatoms. The van der Waals surface area contributed by atoms with Crippen LogP contribution in [0.1, 0.15) is 47.9 Å². The van der Waals surface area contributed by atoms with Crippen molar-refractivity contribution in [2.45, 2.75) is 65.0 Å². The molecular formula is C17H28N2O. The highest BCUT2D eigenvalue weighted by Crippen LogP contribution is 2.22. The normalized spacial score (nSPS) is 20.3. The average molecular weight is 276 g/mol. The standard InChI is InChI=1S/C17H28N2O/c1-12-9-13(2)17(14(3)10-12)11-15(19-18)6-7-16-5-4-8-20-16/h9-10,15-16,19H,4-8,11,18H2,1-3H3. The van der Waals surface area contributed by atoms with Crippen LogP contribution < -0.4 is 11.3 Å². The van der Waals surface area contributed by atoms with E-state index in [0.29, 0.717) is 12.1 Å². The lowest BCUT2D eigenvalue weighted by Crippen LogP contribution is -2.37. The van der Waals surface area contributed by atoms with Crippen molar-refractivity contribution >= 4 is 0 Å². The van der Waals surface area contributed by atoms with Crippen LogP contribution in [0.5, 0.6) is 0 Å². The van der Waals surface area contributed by atoms with Crippen molar-refractivity contribution in [2.24, 2.45) is 5.84 Å². The molecule has 112 valence electrons. The maximum atomic E-state index is 5.74. The van der Waals surface area contributed by atoms with E-state index in [1.54, 1.807) is 0 Å². The Bertz CT molecular complexity index is 416. The lowest BCUT2D eigenvalue weighted by molar-refractivity contribution is 0.0996. The molecule has 1 aliphatic heterocycles. The summed E-state index contributed by atoms with van der Waals surface area (Å²) in [6.07, 6.45) is 6.06. The number of hydrogen-bond acceptors (Lipinski definition) is 3. The monoisotopic (exact) mass is 276 g/mol. The summed E-state index contributed by atoms with van der Waals surface area (Å²) in [5.41, 5.74) is 8.51. The van der Waals surface area contributed by atoms with Crippen LogP contribution in [0, 0.1) is 20.8 Å². The molecule has 1 aliphatic rings. The summed E-state index contributed by atoms with van der Waals surface area (Å²) in [7, 11) is 0. The van der Waals surface area contributed by atoms with Gasteiger partial charge in [0.1, 0.15) is 0 Å². The maximum absolute atomic E-state index is 5.74. The second-order valence-electron chi connectivity index (χ2n) is 6.16. The molecule has 1 heterocycles. The molecule has 0 aliphatic carbocycles. The van der Waals surface area contributed by atoms with E-state index in [2.05, 4.69) is 38.3 Å².